The molecule has 2 heterocycles. The maximum Gasteiger partial charge on any atom is 0.335 e. The molecule has 2 aliphatic heterocycles. The van der Waals surface area contributed by atoms with E-state index in [2.05, 4.69) is 12.2 Å². The molecule has 0 spiro atoms. The van der Waals surface area contributed by atoms with Gasteiger partial charge in [0.2, 0.25) is 5.91 Å². The molecule has 2 N–H and O–H groups in total. The van der Waals surface area contributed by atoms with Crippen LogP contribution in [-0.4, -0.2) is 36.6 Å². The summed E-state index contributed by atoms with van der Waals surface area (Å²) >= 11 is 0. The summed E-state index contributed by atoms with van der Waals surface area (Å²) in [6.07, 6.45) is 0.801. The van der Waals surface area contributed by atoms with Gasteiger partial charge in [-0.3, -0.25) is 4.79 Å². The van der Waals surface area contributed by atoms with Gasteiger partial charge < -0.3 is 15.3 Å². The van der Waals surface area contributed by atoms with E-state index in [0.29, 0.717) is 19.0 Å². The molecule has 2 unspecified atom stereocenters. The van der Waals surface area contributed by atoms with Crippen molar-refractivity contribution in [2.24, 2.45) is 11.8 Å². The van der Waals surface area contributed by atoms with E-state index >= 15 is 0 Å². The summed E-state index contributed by atoms with van der Waals surface area (Å²) in [6, 6.07) is 5.05. The lowest BCUT2D eigenvalue weighted by atomic mass is 9.96. The molecule has 0 saturated carbocycles. The van der Waals surface area contributed by atoms with Crippen LogP contribution in [0.1, 0.15) is 22.8 Å². The minimum absolute atomic E-state index is 0.00515. The highest BCUT2D eigenvalue weighted by molar-refractivity contribution is 5.99. The second-order valence-electron chi connectivity index (χ2n) is 5.63. The lowest BCUT2D eigenvalue weighted by Gasteiger charge is -2.23. The average molecular weight is 274 g/mol. The summed E-state index contributed by atoms with van der Waals surface area (Å²) in [4.78, 5) is 25.5. The predicted octanol–water partition coefficient (Wildman–Crippen LogP) is 1.13. The largest absolute Gasteiger partial charge is 0.478 e. The van der Waals surface area contributed by atoms with Crippen LogP contribution in [0.4, 0.5) is 5.69 Å². The van der Waals surface area contributed by atoms with Crippen molar-refractivity contribution in [3.8, 4) is 0 Å². The summed E-state index contributed by atoms with van der Waals surface area (Å²) in [7, 11) is 0. The number of fused-ring (bicyclic) bond motifs is 1. The SMILES string of the molecule is CC1CNCC1C(=O)N1CCc2ccc(C(=O)O)cc21. The lowest BCUT2D eigenvalue weighted by molar-refractivity contribution is -0.122. The van der Waals surface area contributed by atoms with Crippen molar-refractivity contribution in [2.75, 3.05) is 24.5 Å². The summed E-state index contributed by atoms with van der Waals surface area (Å²) in [5, 5.41) is 12.3. The maximum absolute atomic E-state index is 12.6. The Kier molecular flexibility index (Phi) is 3.22. The number of carboxylic acid groups (broad SMARTS) is 1. The number of rotatable bonds is 2. The van der Waals surface area contributed by atoms with Crippen molar-refractivity contribution in [1.29, 1.82) is 0 Å². The molecule has 0 aromatic heterocycles. The Labute approximate surface area is 117 Å². The first-order chi connectivity index (χ1) is 9.58. The summed E-state index contributed by atoms with van der Waals surface area (Å²) in [5.41, 5.74) is 2.07. The number of hydrogen-bond donors (Lipinski definition) is 2. The fraction of sp³-hybridized carbons (Fsp3) is 0.467. The quantitative estimate of drug-likeness (QED) is 0.848. The maximum atomic E-state index is 12.6. The highest BCUT2D eigenvalue weighted by Gasteiger charge is 2.35. The van der Waals surface area contributed by atoms with Gasteiger partial charge in [0.25, 0.3) is 0 Å². The van der Waals surface area contributed by atoms with Crippen molar-refractivity contribution in [3.05, 3.63) is 29.3 Å². The van der Waals surface area contributed by atoms with Gasteiger partial charge in [-0.15, -0.1) is 0 Å². The van der Waals surface area contributed by atoms with E-state index in [4.69, 9.17) is 5.11 Å². The van der Waals surface area contributed by atoms with Gasteiger partial charge in [-0.1, -0.05) is 13.0 Å². The van der Waals surface area contributed by atoms with Crippen LogP contribution in [0.3, 0.4) is 0 Å². The molecule has 1 saturated heterocycles. The fourth-order valence-corrected chi connectivity index (χ4v) is 3.08. The molecule has 20 heavy (non-hydrogen) atoms. The topological polar surface area (TPSA) is 69.6 Å². The van der Waals surface area contributed by atoms with Crippen molar-refractivity contribution < 1.29 is 14.7 Å². The number of nitrogens with one attached hydrogen (secondary N) is 1. The molecule has 0 bridgehead atoms. The molecule has 1 amide bonds. The van der Waals surface area contributed by atoms with Crippen LogP contribution in [0.5, 0.6) is 0 Å². The zero-order valence-corrected chi connectivity index (χ0v) is 11.4. The third-order valence-electron chi connectivity index (χ3n) is 4.33. The van der Waals surface area contributed by atoms with Crippen LogP contribution in [-0.2, 0) is 11.2 Å². The predicted molar refractivity (Wildman–Crippen MR) is 75.0 cm³/mol. The van der Waals surface area contributed by atoms with Gasteiger partial charge in [0.05, 0.1) is 11.5 Å². The number of benzene rings is 1. The molecule has 5 heteroatoms. The van der Waals surface area contributed by atoms with Crippen LogP contribution in [0, 0.1) is 11.8 Å². The Balaban J connectivity index is 1.90. The molecule has 0 radical (unpaired) electrons. The van der Waals surface area contributed by atoms with E-state index in [9.17, 15) is 9.59 Å². The second kappa shape index (κ2) is 4.90. The summed E-state index contributed by atoms with van der Waals surface area (Å²) in [5.74, 6) is -0.518. The summed E-state index contributed by atoms with van der Waals surface area (Å²) < 4.78 is 0. The van der Waals surface area contributed by atoms with Crippen molar-refractivity contribution in [3.63, 3.8) is 0 Å². The van der Waals surface area contributed by atoms with Gasteiger partial charge in [0.1, 0.15) is 0 Å². The Hall–Kier alpha value is -1.88. The number of hydrogen-bond acceptors (Lipinski definition) is 3. The molecular weight excluding hydrogens is 256 g/mol. The van der Waals surface area contributed by atoms with Crippen molar-refractivity contribution in [2.45, 2.75) is 13.3 Å². The number of carbonyl (C=O) groups excluding carboxylic acids is 1. The molecule has 5 nitrogen and oxygen atoms in total. The molecule has 2 atom stereocenters. The molecule has 106 valence electrons. The van der Waals surface area contributed by atoms with E-state index in [0.717, 1.165) is 24.2 Å². The first-order valence-corrected chi connectivity index (χ1v) is 6.96. The molecular formula is C15H18N2O3. The van der Waals surface area contributed by atoms with Crippen LogP contribution >= 0.6 is 0 Å². The molecule has 2 aliphatic rings. The zero-order valence-electron chi connectivity index (χ0n) is 11.4. The monoisotopic (exact) mass is 274 g/mol. The Bertz CT molecular complexity index is 570. The third-order valence-corrected chi connectivity index (χ3v) is 4.33. The van der Waals surface area contributed by atoms with E-state index in [-0.39, 0.29) is 17.4 Å². The third kappa shape index (κ3) is 2.08. The minimum atomic E-state index is -0.956. The van der Waals surface area contributed by atoms with Gasteiger partial charge in [-0.2, -0.15) is 0 Å². The van der Waals surface area contributed by atoms with Gasteiger partial charge in [0, 0.05) is 18.8 Å². The van der Waals surface area contributed by atoms with Crippen LogP contribution in [0.15, 0.2) is 18.2 Å². The minimum Gasteiger partial charge on any atom is -0.478 e. The standard InChI is InChI=1S/C15H18N2O3/c1-9-7-16-8-12(9)14(18)17-5-4-10-2-3-11(15(19)20)6-13(10)17/h2-3,6,9,12,16H,4-5,7-8H2,1H3,(H,19,20). The van der Waals surface area contributed by atoms with E-state index in [1.54, 1.807) is 17.0 Å². The Morgan fingerprint density at radius 1 is 1.35 bits per heavy atom. The number of aromatic carboxylic acids is 1. The second-order valence-corrected chi connectivity index (χ2v) is 5.63. The molecule has 1 aromatic carbocycles. The first kappa shape index (κ1) is 13.1. The number of carbonyl (C=O) groups is 2. The van der Waals surface area contributed by atoms with Crippen molar-refractivity contribution in [1.82, 2.24) is 5.32 Å². The number of nitrogens with zero attached hydrogens (tertiary/aromatic N) is 1. The van der Waals surface area contributed by atoms with Crippen LogP contribution in [0.25, 0.3) is 0 Å². The normalized spacial score (nSPS) is 24.8. The van der Waals surface area contributed by atoms with Gasteiger partial charge >= 0.3 is 5.97 Å². The molecule has 1 fully saturated rings. The van der Waals surface area contributed by atoms with Crippen LogP contribution < -0.4 is 10.2 Å². The first-order valence-electron chi connectivity index (χ1n) is 6.96. The van der Waals surface area contributed by atoms with E-state index < -0.39 is 5.97 Å². The molecule has 0 aliphatic carbocycles. The highest BCUT2D eigenvalue weighted by atomic mass is 16.4. The van der Waals surface area contributed by atoms with Crippen LogP contribution in [0.2, 0.25) is 0 Å². The Morgan fingerprint density at radius 2 is 2.15 bits per heavy atom. The fourth-order valence-electron chi connectivity index (χ4n) is 3.08. The molecule has 1 aromatic rings. The summed E-state index contributed by atoms with van der Waals surface area (Å²) in [6.45, 7) is 4.31. The van der Waals surface area contributed by atoms with E-state index in [1.807, 2.05) is 6.07 Å². The number of amides is 1. The van der Waals surface area contributed by atoms with Gasteiger partial charge in [-0.05, 0) is 36.6 Å². The van der Waals surface area contributed by atoms with E-state index in [1.165, 1.54) is 0 Å². The van der Waals surface area contributed by atoms with Gasteiger partial charge in [-0.25, -0.2) is 4.79 Å². The highest BCUT2D eigenvalue weighted by Crippen LogP contribution is 2.32. The number of carboxylic acids is 1. The Morgan fingerprint density at radius 3 is 2.80 bits per heavy atom. The zero-order chi connectivity index (χ0) is 14.3. The lowest BCUT2D eigenvalue weighted by Crippen LogP contribution is -2.37. The smallest absolute Gasteiger partial charge is 0.335 e. The van der Waals surface area contributed by atoms with Crippen molar-refractivity contribution >= 4 is 17.6 Å². The average Bonchev–Trinajstić information content (AvgIpc) is 3.03. The number of anilines is 1. The van der Waals surface area contributed by atoms with Gasteiger partial charge in [0.15, 0.2) is 0 Å². The molecule has 3 rings (SSSR count).